The lowest BCUT2D eigenvalue weighted by Gasteiger charge is -2.44. The van der Waals surface area contributed by atoms with Crippen molar-refractivity contribution in [2.24, 2.45) is 4.99 Å². The Morgan fingerprint density at radius 1 is 0.892 bits per heavy atom. The minimum absolute atomic E-state index is 0.0763. The Hall–Kier alpha value is -1.92. The van der Waals surface area contributed by atoms with Gasteiger partial charge in [0, 0.05) is 18.7 Å². The molecule has 2 rings (SSSR count). The Morgan fingerprint density at radius 3 is 1.73 bits per heavy atom. The molecule has 6 heteroatoms. The number of methoxy groups -OCH3 is 3. The summed E-state index contributed by atoms with van der Waals surface area (Å²) in [6, 6.07) is 5.94. The van der Waals surface area contributed by atoms with Gasteiger partial charge in [-0.15, -0.1) is 0 Å². The van der Waals surface area contributed by atoms with Crippen molar-refractivity contribution in [1.29, 1.82) is 0 Å². The number of carbonyl (C=O) groups excluding carboxylic acids is 1. The molecule has 0 bridgehead atoms. The first-order chi connectivity index (χ1) is 17.2. The largest absolute Gasteiger partial charge is 0.497 e. The van der Waals surface area contributed by atoms with Crippen molar-refractivity contribution in [2.75, 3.05) is 21.3 Å². The van der Waals surface area contributed by atoms with Crippen LogP contribution in [-0.2, 0) is 9.53 Å². The molecule has 37 heavy (non-hydrogen) atoms. The number of ketones is 1. The molecule has 1 atom stereocenters. The highest BCUT2D eigenvalue weighted by Crippen LogP contribution is 2.56. The molecule has 0 amide bonds. The highest BCUT2D eigenvalue weighted by Gasteiger charge is 2.60. The topological polar surface area (TPSA) is 57.1 Å². The van der Waals surface area contributed by atoms with Crippen LogP contribution in [0.4, 0.5) is 0 Å². The summed E-state index contributed by atoms with van der Waals surface area (Å²) in [6.45, 7) is 22.1. The molecule has 1 aliphatic carbocycles. The molecule has 1 aromatic carbocycles. The zero-order valence-corrected chi connectivity index (χ0v) is 26.7. The molecular formula is C31H51NO4Si. The van der Waals surface area contributed by atoms with Crippen LogP contribution in [-0.4, -0.2) is 52.0 Å². The number of nitrogens with zero attached hydrogens (tertiary/aromatic N) is 1. The van der Waals surface area contributed by atoms with Crippen molar-refractivity contribution in [3.8, 4) is 11.5 Å². The lowest BCUT2D eigenvalue weighted by atomic mass is 9.83. The molecule has 5 nitrogen and oxygen atoms in total. The van der Waals surface area contributed by atoms with Crippen LogP contribution in [0.1, 0.15) is 94.1 Å². The molecule has 0 saturated carbocycles. The third kappa shape index (κ3) is 5.61. The Morgan fingerprint density at radius 2 is 1.38 bits per heavy atom. The normalized spacial score (nSPS) is 20.2. The van der Waals surface area contributed by atoms with E-state index in [1.807, 2.05) is 18.2 Å². The third-order valence-electron chi connectivity index (χ3n) is 8.10. The quantitative estimate of drug-likeness (QED) is 0.272. The lowest BCUT2D eigenvalue weighted by molar-refractivity contribution is -0.109. The van der Waals surface area contributed by atoms with Gasteiger partial charge in [0.1, 0.15) is 22.8 Å². The summed E-state index contributed by atoms with van der Waals surface area (Å²) in [5.41, 5.74) is 2.17. The molecule has 0 fully saturated rings. The highest BCUT2D eigenvalue weighted by atomic mass is 28.3. The van der Waals surface area contributed by atoms with Crippen molar-refractivity contribution in [3.05, 3.63) is 29.0 Å². The SMILES string of the molecule is CCCC[C@]1(OC)C(=NC(C)(C)C)C(=O)C([Si](C(C)C)(C(C)C)C(C)C)=C1c1cc(OC)cc(OC)c1. The van der Waals surface area contributed by atoms with Crippen LogP contribution in [0.25, 0.3) is 5.57 Å². The highest BCUT2D eigenvalue weighted by molar-refractivity contribution is 6.98. The molecule has 0 spiro atoms. The van der Waals surface area contributed by atoms with Crippen molar-refractivity contribution < 1.29 is 19.0 Å². The minimum Gasteiger partial charge on any atom is -0.497 e. The molecule has 0 heterocycles. The number of benzene rings is 1. The molecule has 0 aromatic heterocycles. The van der Waals surface area contributed by atoms with Gasteiger partial charge in [0.25, 0.3) is 0 Å². The number of rotatable bonds is 11. The summed E-state index contributed by atoms with van der Waals surface area (Å²) in [5, 5.41) is 0.976. The van der Waals surface area contributed by atoms with Crippen molar-refractivity contribution >= 4 is 25.1 Å². The Kier molecular flexibility index (Phi) is 10.0. The van der Waals surface area contributed by atoms with E-state index in [1.54, 1.807) is 21.3 Å². The van der Waals surface area contributed by atoms with Gasteiger partial charge in [0.05, 0.1) is 27.8 Å². The maximum Gasteiger partial charge on any atom is 0.202 e. The van der Waals surface area contributed by atoms with E-state index in [2.05, 4.69) is 69.2 Å². The Balaban J connectivity index is 3.27. The van der Waals surface area contributed by atoms with Gasteiger partial charge in [-0.3, -0.25) is 9.79 Å². The maximum atomic E-state index is 14.9. The Bertz CT molecular complexity index is 988. The standard InChI is InChI=1S/C31H51NO4Si/c1-14-15-16-31(36-13)26(23-17-24(34-11)19-25(18-23)35-12)28(27(33)29(31)32-30(8,9)10)37(20(2)3,21(4)5)22(6)7/h17-22H,14-16H2,1-13H3/t31-/m1/s1. The molecule has 0 unspecified atom stereocenters. The first-order valence-electron chi connectivity index (χ1n) is 13.9. The second kappa shape index (κ2) is 11.9. The molecular weight excluding hydrogens is 478 g/mol. The van der Waals surface area contributed by atoms with Gasteiger partial charge < -0.3 is 14.2 Å². The van der Waals surface area contributed by atoms with E-state index in [0.29, 0.717) is 40.3 Å². The number of hydrogen-bond donors (Lipinski definition) is 0. The second-order valence-corrected chi connectivity index (χ2v) is 18.2. The summed E-state index contributed by atoms with van der Waals surface area (Å²) in [5.74, 6) is 1.47. The van der Waals surface area contributed by atoms with Gasteiger partial charge in [-0.2, -0.15) is 0 Å². The molecule has 0 saturated heterocycles. The zero-order valence-electron chi connectivity index (χ0n) is 25.7. The van der Waals surface area contributed by atoms with E-state index in [-0.39, 0.29) is 5.78 Å². The van der Waals surface area contributed by atoms with Crippen LogP contribution < -0.4 is 9.47 Å². The average molecular weight is 530 g/mol. The predicted octanol–water partition coefficient (Wildman–Crippen LogP) is 8.07. The fourth-order valence-corrected chi connectivity index (χ4v) is 13.8. The molecule has 208 valence electrons. The van der Waals surface area contributed by atoms with Gasteiger partial charge in [-0.25, -0.2) is 0 Å². The van der Waals surface area contributed by atoms with Crippen LogP contribution in [0.3, 0.4) is 0 Å². The van der Waals surface area contributed by atoms with E-state index in [1.165, 1.54) is 0 Å². The molecule has 0 aliphatic heterocycles. The molecule has 1 aliphatic rings. The lowest BCUT2D eigenvalue weighted by Crippen LogP contribution is -2.49. The van der Waals surface area contributed by atoms with Crippen LogP contribution >= 0.6 is 0 Å². The molecule has 0 radical (unpaired) electrons. The summed E-state index contributed by atoms with van der Waals surface area (Å²) in [6.07, 6.45) is 2.60. The fourth-order valence-electron chi connectivity index (χ4n) is 6.79. The number of ether oxygens (including phenoxy) is 3. The predicted molar refractivity (Wildman–Crippen MR) is 159 cm³/mol. The number of unbranched alkanes of at least 4 members (excludes halogenated alkanes) is 1. The van der Waals surface area contributed by atoms with E-state index < -0.39 is 19.2 Å². The van der Waals surface area contributed by atoms with Crippen molar-refractivity contribution in [3.63, 3.8) is 0 Å². The number of aliphatic imine (C=N–C) groups is 1. The number of carbonyl (C=O) groups is 1. The monoisotopic (exact) mass is 529 g/mol. The third-order valence-corrected chi connectivity index (χ3v) is 15.2. The average Bonchev–Trinajstić information content (AvgIpc) is 3.04. The van der Waals surface area contributed by atoms with E-state index in [4.69, 9.17) is 19.2 Å². The van der Waals surface area contributed by atoms with Gasteiger partial charge >= 0.3 is 0 Å². The number of hydrogen-bond acceptors (Lipinski definition) is 5. The maximum absolute atomic E-state index is 14.9. The van der Waals surface area contributed by atoms with Crippen LogP contribution in [0.2, 0.25) is 16.6 Å². The van der Waals surface area contributed by atoms with E-state index in [0.717, 1.165) is 29.2 Å². The van der Waals surface area contributed by atoms with Crippen molar-refractivity contribution in [2.45, 2.75) is 116 Å². The first kappa shape index (κ1) is 31.3. The first-order valence-corrected chi connectivity index (χ1v) is 16.1. The smallest absolute Gasteiger partial charge is 0.202 e. The van der Waals surface area contributed by atoms with Crippen LogP contribution in [0.5, 0.6) is 11.5 Å². The van der Waals surface area contributed by atoms with E-state index in [9.17, 15) is 4.79 Å². The van der Waals surface area contributed by atoms with Crippen LogP contribution in [0.15, 0.2) is 28.4 Å². The van der Waals surface area contributed by atoms with Gasteiger partial charge in [-0.1, -0.05) is 61.3 Å². The summed E-state index contributed by atoms with van der Waals surface area (Å²) in [4.78, 5) is 20.0. The van der Waals surface area contributed by atoms with Gasteiger partial charge in [0.2, 0.25) is 5.78 Å². The zero-order chi connectivity index (χ0) is 28.3. The fraction of sp³-hybridized carbons (Fsp3) is 0.677. The molecule has 1 aromatic rings. The second-order valence-electron chi connectivity index (χ2n) is 12.3. The van der Waals surface area contributed by atoms with Gasteiger partial charge in [0.15, 0.2) is 0 Å². The number of Topliss-reactive ketones (excluding diaryl/α,β-unsaturated/α-hetero) is 1. The molecule has 0 N–H and O–H groups in total. The number of allylic oxidation sites excluding steroid dienone is 1. The Labute approximate surface area is 227 Å². The summed E-state index contributed by atoms with van der Waals surface area (Å²) < 4.78 is 17.9. The minimum atomic E-state index is -2.43. The van der Waals surface area contributed by atoms with Crippen molar-refractivity contribution in [1.82, 2.24) is 0 Å². The summed E-state index contributed by atoms with van der Waals surface area (Å²) in [7, 11) is 2.63. The van der Waals surface area contributed by atoms with E-state index >= 15 is 0 Å². The van der Waals surface area contributed by atoms with Crippen LogP contribution in [0, 0.1) is 0 Å². The summed E-state index contributed by atoms with van der Waals surface area (Å²) >= 11 is 0. The van der Waals surface area contributed by atoms with Gasteiger partial charge in [-0.05, 0) is 66.7 Å².